The number of likely N-dealkylation sites (tertiary alicyclic amines) is 1. The first-order chi connectivity index (χ1) is 13.6. The van der Waals surface area contributed by atoms with E-state index in [0.717, 1.165) is 29.6 Å². The minimum absolute atomic E-state index is 0.0520. The Kier molecular flexibility index (Phi) is 5.25. The molecular weight excluding hydrogens is 372 g/mol. The van der Waals surface area contributed by atoms with E-state index in [1.165, 1.54) is 12.8 Å². The van der Waals surface area contributed by atoms with Gasteiger partial charge in [0.1, 0.15) is 6.07 Å². The van der Waals surface area contributed by atoms with Crippen molar-refractivity contribution in [2.75, 3.05) is 13.1 Å². The van der Waals surface area contributed by atoms with E-state index < -0.39 is 0 Å². The zero-order chi connectivity index (χ0) is 19.7. The monoisotopic (exact) mass is 394 g/mol. The molecule has 144 valence electrons. The highest BCUT2D eigenvalue weighted by molar-refractivity contribution is 6.31. The molecule has 28 heavy (non-hydrogen) atoms. The molecule has 1 fully saturated rings. The number of hydrogen-bond acceptors (Lipinski definition) is 3. The second-order valence-electron chi connectivity index (χ2n) is 7.53. The van der Waals surface area contributed by atoms with Crippen LogP contribution in [-0.2, 0) is 13.1 Å². The molecule has 3 heterocycles. The lowest BCUT2D eigenvalue weighted by molar-refractivity contribution is 0.234. The summed E-state index contributed by atoms with van der Waals surface area (Å²) in [6.45, 7) is 5.74. The molecule has 2 aromatic heterocycles. The van der Waals surface area contributed by atoms with Gasteiger partial charge in [0.05, 0.1) is 21.5 Å². The van der Waals surface area contributed by atoms with Crippen LogP contribution in [-0.4, -0.2) is 33.2 Å². The van der Waals surface area contributed by atoms with Crippen LogP contribution in [0.4, 0.5) is 0 Å². The molecule has 1 aliphatic heterocycles. The number of pyridine rings is 1. The van der Waals surface area contributed by atoms with E-state index in [4.69, 9.17) is 16.9 Å². The topological polar surface area (TPSA) is 54.0 Å². The molecule has 0 amide bonds. The van der Waals surface area contributed by atoms with E-state index in [9.17, 15) is 4.79 Å². The van der Waals surface area contributed by atoms with Crippen molar-refractivity contribution < 1.29 is 0 Å². The maximum absolute atomic E-state index is 13.0. The van der Waals surface area contributed by atoms with Crippen LogP contribution in [0.1, 0.15) is 30.9 Å². The third kappa shape index (κ3) is 3.58. The smallest absolute Gasteiger partial charge is 0.260 e. The Hall–Kier alpha value is -2.55. The van der Waals surface area contributed by atoms with Gasteiger partial charge in [0.25, 0.3) is 5.56 Å². The number of aromatic nitrogens is 2. The largest absolute Gasteiger partial charge is 0.343 e. The molecule has 5 nitrogen and oxygen atoms in total. The third-order valence-electron chi connectivity index (χ3n) is 5.64. The molecule has 0 aliphatic carbocycles. The van der Waals surface area contributed by atoms with Crippen LogP contribution >= 0.6 is 11.6 Å². The third-order valence-corrected chi connectivity index (χ3v) is 5.97. The van der Waals surface area contributed by atoms with Gasteiger partial charge in [0.15, 0.2) is 0 Å². The van der Waals surface area contributed by atoms with E-state index in [1.54, 1.807) is 12.1 Å². The van der Waals surface area contributed by atoms with Gasteiger partial charge < -0.3 is 9.13 Å². The molecule has 0 saturated carbocycles. The lowest BCUT2D eigenvalue weighted by atomic mass is 10.1. The van der Waals surface area contributed by atoms with Crippen LogP contribution in [0, 0.1) is 11.3 Å². The zero-order valence-corrected chi connectivity index (χ0v) is 16.7. The second kappa shape index (κ2) is 7.83. The summed E-state index contributed by atoms with van der Waals surface area (Å²) in [5.74, 6) is 0. The minimum atomic E-state index is 0.0520. The molecule has 4 rings (SSSR count). The van der Waals surface area contributed by atoms with E-state index >= 15 is 0 Å². The standard InChI is InChI=1S/C22H23ClN4O/c1-16(25-8-2-3-9-25)14-27-11-7-21-19(22(27)28)6-10-26(21)15-17-4-5-20(23)18(12-17)13-24/h4-7,10-12,16H,2-3,8-9,14-15H2,1H3. The highest BCUT2D eigenvalue weighted by Gasteiger charge is 2.19. The van der Waals surface area contributed by atoms with Crippen molar-refractivity contribution in [3.05, 3.63) is 69.2 Å². The Labute approximate surface area is 169 Å². The molecule has 6 heteroatoms. The van der Waals surface area contributed by atoms with Crippen LogP contribution < -0.4 is 5.56 Å². The summed E-state index contributed by atoms with van der Waals surface area (Å²) >= 11 is 6.02. The van der Waals surface area contributed by atoms with Gasteiger partial charge in [-0.25, -0.2) is 0 Å². The minimum Gasteiger partial charge on any atom is -0.343 e. The maximum Gasteiger partial charge on any atom is 0.260 e. The Balaban J connectivity index is 1.60. The van der Waals surface area contributed by atoms with Gasteiger partial charge in [-0.1, -0.05) is 17.7 Å². The lowest BCUT2D eigenvalue weighted by Gasteiger charge is -2.24. The average molecular weight is 395 g/mol. The summed E-state index contributed by atoms with van der Waals surface area (Å²) in [5.41, 5.74) is 2.40. The first-order valence-corrected chi connectivity index (χ1v) is 10.1. The molecule has 1 saturated heterocycles. The van der Waals surface area contributed by atoms with Gasteiger partial charge in [0.2, 0.25) is 0 Å². The molecule has 0 spiro atoms. The van der Waals surface area contributed by atoms with Crippen molar-refractivity contribution in [1.82, 2.24) is 14.0 Å². The molecule has 1 unspecified atom stereocenters. The van der Waals surface area contributed by atoms with Gasteiger partial charge >= 0.3 is 0 Å². The van der Waals surface area contributed by atoms with E-state index in [2.05, 4.69) is 17.9 Å². The Morgan fingerprint density at radius 3 is 2.64 bits per heavy atom. The van der Waals surface area contributed by atoms with Crippen LogP contribution in [0.2, 0.25) is 5.02 Å². The summed E-state index contributed by atoms with van der Waals surface area (Å²) < 4.78 is 3.86. The molecule has 0 N–H and O–H groups in total. The SMILES string of the molecule is CC(Cn1ccc2c(ccn2Cc2ccc(Cl)c(C#N)c2)c1=O)N1CCCC1. The molecular formula is C22H23ClN4O. The van der Waals surface area contributed by atoms with Crippen LogP contribution in [0.25, 0.3) is 10.9 Å². The maximum atomic E-state index is 13.0. The molecule has 0 radical (unpaired) electrons. The molecule has 3 aromatic rings. The Morgan fingerprint density at radius 2 is 1.89 bits per heavy atom. The molecule has 1 atom stereocenters. The number of halogens is 1. The predicted molar refractivity (Wildman–Crippen MR) is 112 cm³/mol. The Bertz CT molecular complexity index is 1100. The summed E-state index contributed by atoms with van der Waals surface area (Å²) in [6.07, 6.45) is 6.33. The van der Waals surface area contributed by atoms with Crippen molar-refractivity contribution in [1.29, 1.82) is 5.26 Å². The van der Waals surface area contributed by atoms with Crippen LogP contribution in [0.3, 0.4) is 0 Å². The predicted octanol–water partition coefficient (Wildman–Crippen LogP) is 3.86. The molecule has 1 aromatic carbocycles. The van der Waals surface area contributed by atoms with Gasteiger partial charge in [-0.3, -0.25) is 9.69 Å². The summed E-state index contributed by atoms with van der Waals surface area (Å²) in [5, 5.41) is 10.4. The van der Waals surface area contributed by atoms with E-state index in [0.29, 0.717) is 29.7 Å². The van der Waals surface area contributed by atoms with Gasteiger partial charge in [-0.2, -0.15) is 5.26 Å². The van der Waals surface area contributed by atoms with Crippen LogP contribution in [0.5, 0.6) is 0 Å². The lowest BCUT2D eigenvalue weighted by Crippen LogP contribution is -2.36. The van der Waals surface area contributed by atoms with E-state index in [-0.39, 0.29) is 5.56 Å². The number of nitriles is 1. The van der Waals surface area contributed by atoms with E-state index in [1.807, 2.05) is 39.7 Å². The normalized spacial score (nSPS) is 15.8. The number of rotatable bonds is 5. The van der Waals surface area contributed by atoms with Crippen molar-refractivity contribution in [2.24, 2.45) is 0 Å². The quantitative estimate of drug-likeness (QED) is 0.660. The summed E-state index contributed by atoms with van der Waals surface area (Å²) in [6, 6.07) is 11.8. The van der Waals surface area contributed by atoms with Crippen LogP contribution in [0.15, 0.2) is 47.5 Å². The zero-order valence-electron chi connectivity index (χ0n) is 15.9. The first kappa shape index (κ1) is 18.8. The number of benzene rings is 1. The molecule has 0 bridgehead atoms. The van der Waals surface area contributed by atoms with Crippen molar-refractivity contribution in [2.45, 2.75) is 38.9 Å². The fourth-order valence-electron chi connectivity index (χ4n) is 4.05. The second-order valence-corrected chi connectivity index (χ2v) is 7.94. The molecule has 1 aliphatic rings. The van der Waals surface area contributed by atoms with Gasteiger partial charge in [0, 0.05) is 31.5 Å². The number of nitrogens with zero attached hydrogens (tertiary/aromatic N) is 4. The first-order valence-electron chi connectivity index (χ1n) is 9.67. The van der Waals surface area contributed by atoms with Crippen molar-refractivity contribution >= 4 is 22.5 Å². The van der Waals surface area contributed by atoms with Crippen molar-refractivity contribution in [3.63, 3.8) is 0 Å². The fraction of sp³-hybridized carbons (Fsp3) is 0.364. The summed E-state index contributed by atoms with van der Waals surface area (Å²) in [4.78, 5) is 15.4. The van der Waals surface area contributed by atoms with Gasteiger partial charge in [-0.05, 0) is 62.7 Å². The Morgan fingerprint density at radius 1 is 1.14 bits per heavy atom. The number of hydrogen-bond donors (Lipinski definition) is 0. The number of fused-ring (bicyclic) bond motifs is 1. The highest BCUT2D eigenvalue weighted by atomic mass is 35.5. The highest BCUT2D eigenvalue weighted by Crippen LogP contribution is 2.20. The summed E-state index contributed by atoms with van der Waals surface area (Å²) in [7, 11) is 0. The fourth-order valence-corrected chi connectivity index (χ4v) is 4.21. The van der Waals surface area contributed by atoms with Crippen molar-refractivity contribution in [3.8, 4) is 6.07 Å². The van der Waals surface area contributed by atoms with Gasteiger partial charge in [-0.15, -0.1) is 0 Å². The average Bonchev–Trinajstić information content (AvgIpc) is 3.36.